The standard InChI is InChI=1S/C11H19N3OS/c1-3-8(2)16-7-10-13-11(15-14-10)9-5-4-6-12-9/h8-9,12H,3-7H2,1-2H3/t8?,9-/m0/s1. The molecule has 1 saturated heterocycles. The van der Waals surface area contributed by atoms with Gasteiger partial charge in [0.25, 0.3) is 0 Å². The van der Waals surface area contributed by atoms with Crippen LogP contribution >= 0.6 is 11.8 Å². The molecule has 1 aliphatic rings. The van der Waals surface area contributed by atoms with Gasteiger partial charge in [-0.2, -0.15) is 16.7 Å². The van der Waals surface area contributed by atoms with Crippen molar-refractivity contribution >= 4 is 11.8 Å². The van der Waals surface area contributed by atoms with E-state index in [9.17, 15) is 0 Å². The first-order valence-electron chi connectivity index (χ1n) is 5.97. The summed E-state index contributed by atoms with van der Waals surface area (Å²) >= 11 is 1.88. The average Bonchev–Trinajstić information content (AvgIpc) is 2.95. The number of hydrogen-bond donors (Lipinski definition) is 1. The molecule has 90 valence electrons. The van der Waals surface area contributed by atoms with Crippen LogP contribution < -0.4 is 5.32 Å². The van der Waals surface area contributed by atoms with Crippen molar-refractivity contribution in [3.05, 3.63) is 11.7 Å². The number of thioether (sulfide) groups is 1. The molecule has 1 aliphatic heterocycles. The summed E-state index contributed by atoms with van der Waals surface area (Å²) < 4.78 is 5.28. The van der Waals surface area contributed by atoms with Gasteiger partial charge in [0.05, 0.1) is 11.8 Å². The second-order valence-electron chi connectivity index (χ2n) is 4.23. The van der Waals surface area contributed by atoms with Gasteiger partial charge in [0.15, 0.2) is 5.82 Å². The molecule has 1 aromatic rings. The smallest absolute Gasteiger partial charge is 0.243 e. The quantitative estimate of drug-likeness (QED) is 0.858. The van der Waals surface area contributed by atoms with Crippen LogP contribution in [0.3, 0.4) is 0 Å². The summed E-state index contributed by atoms with van der Waals surface area (Å²) in [5, 5.41) is 8.04. The Bertz CT molecular complexity index is 323. The van der Waals surface area contributed by atoms with Gasteiger partial charge >= 0.3 is 0 Å². The first kappa shape index (κ1) is 11.9. The monoisotopic (exact) mass is 241 g/mol. The van der Waals surface area contributed by atoms with E-state index in [-0.39, 0.29) is 6.04 Å². The molecule has 4 nitrogen and oxygen atoms in total. The van der Waals surface area contributed by atoms with Crippen molar-refractivity contribution in [1.82, 2.24) is 15.5 Å². The highest BCUT2D eigenvalue weighted by molar-refractivity contribution is 7.99. The van der Waals surface area contributed by atoms with Gasteiger partial charge in [0.1, 0.15) is 0 Å². The Labute approximate surface area is 101 Å². The summed E-state index contributed by atoms with van der Waals surface area (Å²) in [5.41, 5.74) is 0. The Hall–Kier alpha value is -0.550. The van der Waals surface area contributed by atoms with Crippen molar-refractivity contribution < 1.29 is 4.52 Å². The van der Waals surface area contributed by atoms with Crippen LogP contribution in [0.25, 0.3) is 0 Å². The van der Waals surface area contributed by atoms with E-state index in [0.717, 1.165) is 30.4 Å². The highest BCUT2D eigenvalue weighted by atomic mass is 32.2. The van der Waals surface area contributed by atoms with Crippen LogP contribution in [0.15, 0.2) is 4.52 Å². The number of rotatable bonds is 5. The zero-order valence-corrected chi connectivity index (χ0v) is 10.7. The van der Waals surface area contributed by atoms with Gasteiger partial charge in [0.2, 0.25) is 5.89 Å². The number of aromatic nitrogens is 2. The van der Waals surface area contributed by atoms with Gasteiger partial charge in [-0.25, -0.2) is 0 Å². The second kappa shape index (κ2) is 5.68. The van der Waals surface area contributed by atoms with Crippen molar-refractivity contribution in [2.75, 3.05) is 6.54 Å². The molecule has 0 aromatic carbocycles. The normalized spacial score (nSPS) is 22.5. The van der Waals surface area contributed by atoms with E-state index in [2.05, 4.69) is 29.3 Å². The molecule has 1 N–H and O–H groups in total. The van der Waals surface area contributed by atoms with Gasteiger partial charge in [0, 0.05) is 5.25 Å². The molecular formula is C11H19N3OS. The van der Waals surface area contributed by atoms with E-state index in [1.54, 1.807) is 0 Å². The largest absolute Gasteiger partial charge is 0.338 e. The van der Waals surface area contributed by atoms with Crippen LogP contribution in [0.2, 0.25) is 0 Å². The molecule has 2 heterocycles. The maximum atomic E-state index is 5.28. The van der Waals surface area contributed by atoms with Crippen molar-refractivity contribution in [1.29, 1.82) is 0 Å². The maximum Gasteiger partial charge on any atom is 0.243 e. The molecule has 16 heavy (non-hydrogen) atoms. The average molecular weight is 241 g/mol. The number of nitrogens with one attached hydrogen (secondary N) is 1. The molecule has 2 atom stereocenters. The van der Waals surface area contributed by atoms with Crippen molar-refractivity contribution in [3.63, 3.8) is 0 Å². The van der Waals surface area contributed by atoms with E-state index in [1.807, 2.05) is 11.8 Å². The molecule has 0 radical (unpaired) electrons. The molecule has 0 amide bonds. The molecular weight excluding hydrogens is 222 g/mol. The minimum Gasteiger partial charge on any atom is -0.338 e. The third-order valence-corrected chi connectivity index (χ3v) is 4.24. The van der Waals surface area contributed by atoms with Gasteiger partial charge in [-0.1, -0.05) is 19.0 Å². The molecule has 1 unspecified atom stereocenters. The lowest BCUT2D eigenvalue weighted by Gasteiger charge is -2.04. The van der Waals surface area contributed by atoms with Crippen molar-refractivity contribution in [2.45, 2.75) is 50.2 Å². The lowest BCUT2D eigenvalue weighted by molar-refractivity contribution is 0.342. The first-order chi connectivity index (χ1) is 7.79. The highest BCUT2D eigenvalue weighted by Crippen LogP contribution is 2.23. The second-order valence-corrected chi connectivity index (χ2v) is 5.65. The summed E-state index contributed by atoms with van der Waals surface area (Å²) in [5.74, 6) is 2.44. The summed E-state index contributed by atoms with van der Waals surface area (Å²) in [6.07, 6.45) is 3.49. The topological polar surface area (TPSA) is 51.0 Å². The van der Waals surface area contributed by atoms with E-state index < -0.39 is 0 Å². The van der Waals surface area contributed by atoms with E-state index in [4.69, 9.17) is 4.52 Å². The molecule has 5 heteroatoms. The number of nitrogens with zero attached hydrogens (tertiary/aromatic N) is 2. The molecule has 0 bridgehead atoms. The van der Waals surface area contributed by atoms with Crippen LogP contribution in [-0.2, 0) is 5.75 Å². The zero-order chi connectivity index (χ0) is 11.4. The maximum absolute atomic E-state index is 5.28. The molecule has 1 fully saturated rings. The molecule has 2 rings (SSSR count). The van der Waals surface area contributed by atoms with Crippen LogP contribution in [-0.4, -0.2) is 21.9 Å². The molecule has 1 aromatic heterocycles. The Morgan fingerprint density at radius 3 is 3.19 bits per heavy atom. The summed E-state index contributed by atoms with van der Waals surface area (Å²) in [6.45, 7) is 5.48. The fraction of sp³-hybridized carbons (Fsp3) is 0.818. The fourth-order valence-corrected chi connectivity index (χ4v) is 2.48. The number of hydrogen-bond acceptors (Lipinski definition) is 5. The van der Waals surface area contributed by atoms with Gasteiger partial charge < -0.3 is 9.84 Å². The Kier molecular flexibility index (Phi) is 4.23. The van der Waals surface area contributed by atoms with Crippen LogP contribution in [0, 0.1) is 0 Å². The SMILES string of the molecule is CCC(C)SCc1noc([C@@H]2CCCN2)n1. The van der Waals surface area contributed by atoms with E-state index in [0.29, 0.717) is 5.25 Å². The first-order valence-corrected chi connectivity index (χ1v) is 7.02. The third-order valence-electron chi connectivity index (χ3n) is 2.91. The van der Waals surface area contributed by atoms with Gasteiger partial charge in [-0.3, -0.25) is 0 Å². The van der Waals surface area contributed by atoms with Crippen LogP contribution in [0.5, 0.6) is 0 Å². The summed E-state index contributed by atoms with van der Waals surface area (Å²) in [6, 6.07) is 0.287. The van der Waals surface area contributed by atoms with E-state index in [1.165, 1.54) is 12.8 Å². The lowest BCUT2D eigenvalue weighted by atomic mass is 10.2. The predicted molar refractivity (Wildman–Crippen MR) is 65.3 cm³/mol. The van der Waals surface area contributed by atoms with Crippen molar-refractivity contribution in [2.24, 2.45) is 0 Å². The van der Waals surface area contributed by atoms with Crippen molar-refractivity contribution in [3.8, 4) is 0 Å². The summed E-state index contributed by atoms with van der Waals surface area (Å²) in [7, 11) is 0. The zero-order valence-electron chi connectivity index (χ0n) is 9.90. The van der Waals surface area contributed by atoms with Gasteiger partial charge in [-0.15, -0.1) is 0 Å². The molecule has 0 saturated carbocycles. The lowest BCUT2D eigenvalue weighted by Crippen LogP contribution is -2.13. The third kappa shape index (κ3) is 2.98. The summed E-state index contributed by atoms with van der Waals surface area (Å²) in [4.78, 5) is 4.44. The Morgan fingerprint density at radius 1 is 1.62 bits per heavy atom. The molecule has 0 spiro atoms. The predicted octanol–water partition coefficient (Wildman–Crippen LogP) is 2.53. The van der Waals surface area contributed by atoms with Crippen LogP contribution in [0.4, 0.5) is 0 Å². The fourth-order valence-electron chi connectivity index (χ4n) is 1.70. The minimum atomic E-state index is 0.287. The van der Waals surface area contributed by atoms with Gasteiger partial charge in [-0.05, 0) is 25.8 Å². The van der Waals surface area contributed by atoms with Crippen LogP contribution in [0.1, 0.15) is 50.9 Å². The Morgan fingerprint density at radius 2 is 2.50 bits per heavy atom. The Balaban J connectivity index is 1.86. The van der Waals surface area contributed by atoms with E-state index >= 15 is 0 Å². The molecule has 0 aliphatic carbocycles. The minimum absolute atomic E-state index is 0.287. The highest BCUT2D eigenvalue weighted by Gasteiger charge is 2.22.